The van der Waals surface area contributed by atoms with Crippen LogP contribution in [0.5, 0.6) is 0 Å². The minimum atomic E-state index is -0.503. The lowest BCUT2D eigenvalue weighted by Gasteiger charge is -2.33. The average molecular weight is 419 g/mol. The van der Waals surface area contributed by atoms with Crippen molar-refractivity contribution in [2.45, 2.75) is 5.33 Å². The van der Waals surface area contributed by atoms with Crippen LogP contribution in [-0.4, -0.2) is 56.3 Å². The Morgan fingerprint density at radius 1 is 1.23 bits per heavy atom. The number of methoxy groups -OCH3 is 1. The van der Waals surface area contributed by atoms with Crippen molar-refractivity contribution >= 4 is 33.5 Å². The summed E-state index contributed by atoms with van der Waals surface area (Å²) in [6.45, 7) is 3.90. The van der Waals surface area contributed by atoms with Crippen molar-refractivity contribution in [2.24, 2.45) is 0 Å². The molecular weight excluding hydrogens is 396 g/mol. The van der Waals surface area contributed by atoms with E-state index in [0.717, 1.165) is 54.0 Å². The maximum absolute atomic E-state index is 11.8. The lowest BCUT2D eigenvalue weighted by atomic mass is 10.00. The standard InChI is InChI=1S/C19H23BrN4O2/c1-23-7-9-24(10-8-23)18-11-16(15-6-4-3-5-14(15)12-20)17(13-21-18)22-19(25)26-2/h3-6,11,13H,7-10,12H2,1-2H3,(H,22,25). The van der Waals surface area contributed by atoms with E-state index in [0.29, 0.717) is 5.69 Å². The van der Waals surface area contributed by atoms with Crippen molar-refractivity contribution < 1.29 is 9.53 Å². The number of nitrogens with zero attached hydrogens (tertiary/aromatic N) is 3. The quantitative estimate of drug-likeness (QED) is 0.768. The second kappa shape index (κ2) is 8.51. The SMILES string of the molecule is COC(=O)Nc1cnc(N2CCN(C)CC2)cc1-c1ccccc1CBr. The summed E-state index contributed by atoms with van der Waals surface area (Å²) in [5, 5.41) is 3.51. The topological polar surface area (TPSA) is 57.7 Å². The number of rotatable bonds is 4. The number of pyridine rings is 1. The highest BCUT2D eigenvalue weighted by molar-refractivity contribution is 9.08. The first-order chi connectivity index (χ1) is 12.6. The van der Waals surface area contributed by atoms with Gasteiger partial charge in [0.15, 0.2) is 0 Å². The Balaban J connectivity index is 2.02. The molecule has 138 valence electrons. The molecule has 2 aromatic rings. The van der Waals surface area contributed by atoms with Gasteiger partial charge in [-0.3, -0.25) is 5.32 Å². The van der Waals surface area contributed by atoms with E-state index in [1.807, 2.05) is 12.1 Å². The zero-order valence-corrected chi connectivity index (χ0v) is 16.6. The molecule has 1 aromatic heterocycles. The van der Waals surface area contributed by atoms with Gasteiger partial charge in [-0.1, -0.05) is 40.2 Å². The second-order valence-electron chi connectivity index (χ2n) is 6.29. The minimum Gasteiger partial charge on any atom is -0.453 e. The number of carbonyl (C=O) groups excluding carboxylic acids is 1. The van der Waals surface area contributed by atoms with Gasteiger partial charge >= 0.3 is 6.09 Å². The number of carbonyl (C=O) groups is 1. The van der Waals surface area contributed by atoms with Crippen LogP contribution in [0.2, 0.25) is 0 Å². The number of amides is 1. The normalized spacial score (nSPS) is 15.0. The number of benzene rings is 1. The van der Waals surface area contributed by atoms with Gasteiger partial charge in [0.05, 0.1) is 19.0 Å². The van der Waals surface area contributed by atoms with Crippen LogP contribution < -0.4 is 10.2 Å². The Labute approximate surface area is 162 Å². The first-order valence-corrected chi connectivity index (χ1v) is 9.67. The van der Waals surface area contributed by atoms with E-state index in [-0.39, 0.29) is 0 Å². The van der Waals surface area contributed by atoms with Crippen LogP contribution in [0.15, 0.2) is 36.5 Å². The Morgan fingerprint density at radius 2 is 1.96 bits per heavy atom. The molecule has 26 heavy (non-hydrogen) atoms. The van der Waals surface area contributed by atoms with E-state index >= 15 is 0 Å². The molecule has 1 fully saturated rings. The van der Waals surface area contributed by atoms with Gasteiger partial charge in [-0.15, -0.1) is 0 Å². The number of nitrogens with one attached hydrogen (secondary N) is 1. The number of anilines is 2. The lowest BCUT2D eigenvalue weighted by molar-refractivity contribution is 0.187. The summed E-state index contributed by atoms with van der Waals surface area (Å²) in [6.07, 6.45) is 1.21. The maximum Gasteiger partial charge on any atom is 0.411 e. The van der Waals surface area contributed by atoms with Gasteiger partial charge in [0.1, 0.15) is 5.82 Å². The fraction of sp³-hybridized carbons (Fsp3) is 0.368. The largest absolute Gasteiger partial charge is 0.453 e. The number of hydrogen-bond donors (Lipinski definition) is 1. The van der Waals surface area contributed by atoms with Gasteiger partial charge in [0.2, 0.25) is 0 Å². The number of ether oxygens (including phenoxy) is 1. The smallest absolute Gasteiger partial charge is 0.411 e. The fourth-order valence-corrected chi connectivity index (χ4v) is 3.52. The molecule has 7 heteroatoms. The van der Waals surface area contributed by atoms with Gasteiger partial charge in [-0.2, -0.15) is 0 Å². The molecule has 1 N–H and O–H groups in total. The Hall–Kier alpha value is -2.12. The molecule has 1 aliphatic rings. The third-order valence-electron chi connectivity index (χ3n) is 4.59. The molecule has 0 radical (unpaired) electrons. The predicted octanol–water partition coefficient (Wildman–Crippen LogP) is 3.57. The van der Waals surface area contributed by atoms with Crippen molar-refractivity contribution in [3.63, 3.8) is 0 Å². The molecule has 0 saturated carbocycles. The van der Waals surface area contributed by atoms with Crippen LogP contribution in [-0.2, 0) is 10.1 Å². The molecule has 6 nitrogen and oxygen atoms in total. The molecule has 1 amide bonds. The summed E-state index contributed by atoms with van der Waals surface area (Å²) in [5.74, 6) is 0.924. The molecule has 1 aromatic carbocycles. The Kier molecular flexibility index (Phi) is 6.11. The number of likely N-dealkylation sites (N-methyl/N-ethyl adjacent to an activating group) is 1. The van der Waals surface area contributed by atoms with Gasteiger partial charge in [0.25, 0.3) is 0 Å². The van der Waals surface area contributed by atoms with Crippen molar-refractivity contribution in [1.82, 2.24) is 9.88 Å². The molecule has 0 aliphatic carbocycles. The molecule has 0 atom stereocenters. The van der Waals surface area contributed by atoms with Crippen molar-refractivity contribution in [3.05, 3.63) is 42.1 Å². The average Bonchev–Trinajstić information content (AvgIpc) is 2.68. The van der Waals surface area contributed by atoms with E-state index in [1.54, 1.807) is 6.20 Å². The van der Waals surface area contributed by atoms with Crippen molar-refractivity contribution in [3.8, 4) is 11.1 Å². The van der Waals surface area contributed by atoms with Gasteiger partial charge in [0, 0.05) is 37.1 Å². The highest BCUT2D eigenvalue weighted by Crippen LogP contribution is 2.34. The maximum atomic E-state index is 11.8. The van der Waals surface area contributed by atoms with Crippen molar-refractivity contribution in [2.75, 3.05) is 50.6 Å². The van der Waals surface area contributed by atoms with Gasteiger partial charge in [-0.25, -0.2) is 9.78 Å². The van der Waals surface area contributed by atoms with E-state index < -0.39 is 6.09 Å². The number of hydrogen-bond acceptors (Lipinski definition) is 5. The molecule has 0 unspecified atom stereocenters. The third-order valence-corrected chi connectivity index (χ3v) is 5.19. The molecule has 2 heterocycles. The molecule has 0 spiro atoms. The molecule has 0 bridgehead atoms. The van der Waals surface area contributed by atoms with E-state index in [2.05, 4.69) is 61.3 Å². The van der Waals surface area contributed by atoms with Crippen LogP contribution >= 0.6 is 15.9 Å². The molecule has 3 rings (SSSR count). The zero-order chi connectivity index (χ0) is 18.5. The third kappa shape index (κ3) is 4.16. The van der Waals surface area contributed by atoms with Crippen LogP contribution in [0.25, 0.3) is 11.1 Å². The summed E-state index contributed by atoms with van der Waals surface area (Å²) >= 11 is 3.55. The van der Waals surface area contributed by atoms with Gasteiger partial charge in [-0.05, 0) is 24.2 Å². The van der Waals surface area contributed by atoms with Gasteiger partial charge < -0.3 is 14.5 Å². The second-order valence-corrected chi connectivity index (χ2v) is 6.85. The highest BCUT2D eigenvalue weighted by Gasteiger charge is 2.19. The fourth-order valence-electron chi connectivity index (χ4n) is 3.04. The monoisotopic (exact) mass is 418 g/mol. The summed E-state index contributed by atoms with van der Waals surface area (Å²) in [7, 11) is 3.49. The van der Waals surface area contributed by atoms with E-state index in [4.69, 9.17) is 4.74 Å². The number of halogens is 1. The zero-order valence-electron chi connectivity index (χ0n) is 15.0. The first kappa shape index (κ1) is 18.7. The summed E-state index contributed by atoms with van der Waals surface area (Å²) in [4.78, 5) is 20.9. The molecule has 1 saturated heterocycles. The van der Waals surface area contributed by atoms with E-state index in [1.165, 1.54) is 7.11 Å². The Morgan fingerprint density at radius 3 is 2.65 bits per heavy atom. The number of aromatic nitrogens is 1. The van der Waals surface area contributed by atoms with Crippen LogP contribution in [0.3, 0.4) is 0 Å². The van der Waals surface area contributed by atoms with Crippen molar-refractivity contribution in [1.29, 1.82) is 0 Å². The van der Waals surface area contributed by atoms with Crippen LogP contribution in [0.4, 0.5) is 16.3 Å². The minimum absolute atomic E-state index is 0.503. The van der Waals surface area contributed by atoms with Crippen LogP contribution in [0, 0.1) is 0 Å². The number of piperazine rings is 1. The summed E-state index contributed by atoms with van der Waals surface area (Å²) in [5.41, 5.74) is 3.79. The van der Waals surface area contributed by atoms with E-state index in [9.17, 15) is 4.79 Å². The first-order valence-electron chi connectivity index (χ1n) is 8.55. The molecular formula is C19H23BrN4O2. The Bertz CT molecular complexity index is 776. The molecule has 1 aliphatic heterocycles. The summed E-state index contributed by atoms with van der Waals surface area (Å²) in [6, 6.07) is 10.2. The predicted molar refractivity (Wildman–Crippen MR) is 108 cm³/mol. The number of alkyl halides is 1. The lowest BCUT2D eigenvalue weighted by Crippen LogP contribution is -2.44. The summed E-state index contributed by atoms with van der Waals surface area (Å²) < 4.78 is 4.76. The highest BCUT2D eigenvalue weighted by atomic mass is 79.9. The van der Waals surface area contributed by atoms with Crippen LogP contribution in [0.1, 0.15) is 5.56 Å².